The highest BCUT2D eigenvalue weighted by atomic mass is 16.2. The molecule has 0 aliphatic carbocycles. The molecule has 3 N–H and O–H groups in total. The number of nitrogens with one attached hydrogen (secondary N) is 3. The molecule has 0 bridgehead atoms. The van der Waals surface area contributed by atoms with Crippen LogP contribution >= 0.6 is 0 Å². The van der Waals surface area contributed by atoms with Gasteiger partial charge in [0.25, 0.3) is 5.91 Å². The third-order valence-electron chi connectivity index (χ3n) is 3.19. The molecule has 1 fully saturated rings. The zero-order valence-electron chi connectivity index (χ0n) is 10.3. The molecule has 0 radical (unpaired) electrons. The Kier molecular flexibility index (Phi) is 3.23. The third kappa shape index (κ3) is 2.63. The molecule has 0 atom stereocenters. The van der Waals surface area contributed by atoms with Gasteiger partial charge in [0.05, 0.1) is 24.1 Å². The number of hydrogen-bond donors (Lipinski definition) is 3. The van der Waals surface area contributed by atoms with Crippen LogP contribution in [-0.4, -0.2) is 44.2 Å². The molecule has 3 heterocycles. The quantitative estimate of drug-likeness (QED) is 0.731. The number of carbonyl (C=O) groups is 1. The van der Waals surface area contributed by atoms with E-state index in [1.807, 2.05) is 10.9 Å². The summed E-state index contributed by atoms with van der Waals surface area (Å²) < 4.78 is 1.92. The molecule has 0 unspecified atom stereocenters. The number of rotatable bonds is 3. The van der Waals surface area contributed by atoms with Crippen molar-refractivity contribution in [1.82, 2.24) is 30.5 Å². The first kappa shape index (κ1) is 11.8. The van der Waals surface area contributed by atoms with E-state index in [0.717, 1.165) is 25.9 Å². The molecule has 8 heteroatoms. The summed E-state index contributed by atoms with van der Waals surface area (Å²) in [5.74, 6) is -0.293. The summed E-state index contributed by atoms with van der Waals surface area (Å²) in [4.78, 5) is 11.8. The van der Waals surface area contributed by atoms with Gasteiger partial charge in [0.15, 0.2) is 5.69 Å². The van der Waals surface area contributed by atoms with E-state index in [1.165, 1.54) is 6.20 Å². The molecule has 1 saturated heterocycles. The number of aromatic amines is 1. The Balaban J connectivity index is 1.66. The van der Waals surface area contributed by atoms with Crippen LogP contribution in [0.5, 0.6) is 0 Å². The van der Waals surface area contributed by atoms with Crippen molar-refractivity contribution >= 4 is 11.6 Å². The summed E-state index contributed by atoms with van der Waals surface area (Å²) in [5, 5.41) is 20.1. The Hall–Kier alpha value is -2.22. The van der Waals surface area contributed by atoms with E-state index in [9.17, 15) is 4.79 Å². The lowest BCUT2D eigenvalue weighted by atomic mass is 10.1. The van der Waals surface area contributed by atoms with Gasteiger partial charge in [0.2, 0.25) is 0 Å². The molecule has 19 heavy (non-hydrogen) atoms. The van der Waals surface area contributed by atoms with E-state index >= 15 is 0 Å². The van der Waals surface area contributed by atoms with Crippen LogP contribution in [0.2, 0.25) is 0 Å². The van der Waals surface area contributed by atoms with Gasteiger partial charge in [-0.15, -0.1) is 0 Å². The second kappa shape index (κ2) is 5.19. The predicted octanol–water partition coefficient (Wildman–Crippen LogP) is 0.178. The largest absolute Gasteiger partial charge is 0.318 e. The van der Waals surface area contributed by atoms with Crippen LogP contribution < -0.4 is 10.6 Å². The molecule has 2 aromatic rings. The number of nitrogens with zero attached hydrogens (tertiary/aromatic N) is 4. The fourth-order valence-corrected chi connectivity index (χ4v) is 2.18. The zero-order chi connectivity index (χ0) is 13.1. The lowest BCUT2D eigenvalue weighted by Gasteiger charge is -2.22. The maximum absolute atomic E-state index is 11.8. The summed E-state index contributed by atoms with van der Waals surface area (Å²) in [5.41, 5.74) is 0.932. The molecule has 1 amide bonds. The topological polar surface area (TPSA) is 101 Å². The van der Waals surface area contributed by atoms with Gasteiger partial charge in [0.1, 0.15) is 0 Å². The van der Waals surface area contributed by atoms with Crippen molar-refractivity contribution in [2.75, 3.05) is 18.4 Å². The molecular formula is C11H15N7O. The Bertz CT molecular complexity index is 541. The highest BCUT2D eigenvalue weighted by Gasteiger charge is 2.16. The summed E-state index contributed by atoms with van der Waals surface area (Å²) in [6, 6.07) is 0.402. The number of anilines is 1. The van der Waals surface area contributed by atoms with Gasteiger partial charge in [-0.05, 0) is 25.9 Å². The number of H-pyrrole nitrogens is 1. The summed E-state index contributed by atoms with van der Waals surface area (Å²) >= 11 is 0. The second-order valence-electron chi connectivity index (χ2n) is 4.50. The summed E-state index contributed by atoms with van der Waals surface area (Å²) in [7, 11) is 0. The molecule has 3 rings (SSSR count). The lowest BCUT2D eigenvalue weighted by molar-refractivity contribution is 0.102. The van der Waals surface area contributed by atoms with Crippen molar-refractivity contribution < 1.29 is 4.79 Å². The molecular weight excluding hydrogens is 246 g/mol. The zero-order valence-corrected chi connectivity index (χ0v) is 10.3. The fraction of sp³-hybridized carbons (Fsp3) is 0.455. The third-order valence-corrected chi connectivity index (χ3v) is 3.19. The summed E-state index contributed by atoms with van der Waals surface area (Å²) in [6.45, 7) is 2.01. The predicted molar refractivity (Wildman–Crippen MR) is 67.7 cm³/mol. The molecule has 0 spiro atoms. The van der Waals surface area contributed by atoms with E-state index in [2.05, 4.69) is 31.1 Å². The van der Waals surface area contributed by atoms with Crippen LogP contribution in [0.1, 0.15) is 29.4 Å². The normalized spacial score (nSPS) is 16.4. The van der Waals surface area contributed by atoms with Crippen LogP contribution in [-0.2, 0) is 0 Å². The van der Waals surface area contributed by atoms with E-state index in [-0.39, 0.29) is 11.6 Å². The molecule has 2 aromatic heterocycles. The van der Waals surface area contributed by atoms with Crippen LogP contribution in [0.3, 0.4) is 0 Å². The first-order valence-corrected chi connectivity index (χ1v) is 6.25. The van der Waals surface area contributed by atoms with Gasteiger partial charge in [-0.1, -0.05) is 0 Å². The van der Waals surface area contributed by atoms with Gasteiger partial charge < -0.3 is 10.6 Å². The van der Waals surface area contributed by atoms with Crippen molar-refractivity contribution in [3.63, 3.8) is 0 Å². The van der Waals surface area contributed by atoms with Crippen molar-refractivity contribution in [3.8, 4) is 0 Å². The van der Waals surface area contributed by atoms with Crippen LogP contribution in [0, 0.1) is 0 Å². The van der Waals surface area contributed by atoms with Gasteiger partial charge >= 0.3 is 0 Å². The Morgan fingerprint density at radius 3 is 2.95 bits per heavy atom. The Morgan fingerprint density at radius 1 is 1.37 bits per heavy atom. The fourth-order valence-electron chi connectivity index (χ4n) is 2.18. The van der Waals surface area contributed by atoms with E-state index in [0.29, 0.717) is 11.7 Å². The maximum Gasteiger partial charge on any atom is 0.277 e. The smallest absolute Gasteiger partial charge is 0.277 e. The van der Waals surface area contributed by atoms with Crippen LogP contribution in [0.15, 0.2) is 18.6 Å². The van der Waals surface area contributed by atoms with Crippen molar-refractivity contribution in [2.45, 2.75) is 18.9 Å². The number of aromatic nitrogens is 5. The molecule has 0 aromatic carbocycles. The molecule has 0 saturated carbocycles. The first-order valence-electron chi connectivity index (χ1n) is 6.25. The van der Waals surface area contributed by atoms with Gasteiger partial charge in [0, 0.05) is 6.20 Å². The number of amides is 1. The van der Waals surface area contributed by atoms with E-state index in [4.69, 9.17) is 0 Å². The van der Waals surface area contributed by atoms with Crippen LogP contribution in [0.4, 0.5) is 5.69 Å². The van der Waals surface area contributed by atoms with E-state index < -0.39 is 0 Å². The van der Waals surface area contributed by atoms with Gasteiger partial charge in [-0.2, -0.15) is 20.5 Å². The van der Waals surface area contributed by atoms with Gasteiger partial charge in [-0.3, -0.25) is 9.48 Å². The highest BCUT2D eigenvalue weighted by Crippen LogP contribution is 2.19. The Labute approximate surface area is 109 Å². The van der Waals surface area contributed by atoms with E-state index in [1.54, 1.807) is 6.20 Å². The second-order valence-corrected chi connectivity index (χ2v) is 4.50. The molecule has 1 aliphatic rings. The minimum Gasteiger partial charge on any atom is -0.318 e. The molecule has 8 nitrogen and oxygen atoms in total. The molecule has 1 aliphatic heterocycles. The monoisotopic (exact) mass is 261 g/mol. The first-order chi connectivity index (χ1) is 9.33. The average Bonchev–Trinajstić information content (AvgIpc) is 3.11. The van der Waals surface area contributed by atoms with Crippen LogP contribution in [0.25, 0.3) is 0 Å². The minimum absolute atomic E-state index is 0.259. The lowest BCUT2D eigenvalue weighted by Crippen LogP contribution is -2.29. The van der Waals surface area contributed by atoms with Gasteiger partial charge in [-0.25, -0.2) is 0 Å². The Morgan fingerprint density at radius 2 is 2.21 bits per heavy atom. The average molecular weight is 261 g/mol. The maximum atomic E-state index is 11.8. The minimum atomic E-state index is -0.293. The summed E-state index contributed by atoms with van der Waals surface area (Å²) in [6.07, 6.45) is 7.00. The number of hydrogen-bond acceptors (Lipinski definition) is 5. The van der Waals surface area contributed by atoms with Crippen molar-refractivity contribution in [3.05, 3.63) is 24.3 Å². The molecule has 100 valence electrons. The number of carbonyl (C=O) groups excluding carboxylic acids is 1. The van der Waals surface area contributed by atoms with Crippen molar-refractivity contribution in [1.29, 1.82) is 0 Å². The number of piperidine rings is 1. The highest BCUT2D eigenvalue weighted by molar-refractivity contribution is 6.02. The SMILES string of the molecule is O=C(Nc1cnn(C2CCNCC2)c1)c1cn[nH]n1. The standard InChI is InChI=1S/C11H15N7O/c19-11(10-6-13-17-16-10)15-8-5-14-18(7-8)9-1-3-12-4-2-9/h5-7,9,12H,1-4H2,(H,15,19)(H,13,16,17). The van der Waals surface area contributed by atoms with Crippen molar-refractivity contribution in [2.24, 2.45) is 0 Å².